The van der Waals surface area contributed by atoms with Crippen LogP contribution in [-0.4, -0.2) is 17.2 Å². The largest absolute Gasteiger partial charge is 0.478 e. The van der Waals surface area contributed by atoms with E-state index in [1.165, 1.54) is 5.56 Å². The maximum atomic E-state index is 11.4. The van der Waals surface area contributed by atoms with E-state index in [2.05, 4.69) is 6.07 Å². The Morgan fingerprint density at radius 3 is 2.24 bits per heavy atom. The van der Waals surface area contributed by atoms with Crippen LogP contribution in [-0.2, 0) is 11.2 Å². The number of rotatable bonds is 5. The monoisotopic (exact) mass is 284 g/mol. The summed E-state index contributed by atoms with van der Waals surface area (Å²) in [6, 6.07) is 13.4. The SMILES string of the molecule is Cc1ccc(O[C@H](Cc2ccc(C)cc2C)C(=O)O)cc1. The molecular weight excluding hydrogens is 264 g/mol. The summed E-state index contributed by atoms with van der Waals surface area (Å²) in [7, 11) is 0. The van der Waals surface area contributed by atoms with Gasteiger partial charge in [-0.3, -0.25) is 0 Å². The zero-order valence-electron chi connectivity index (χ0n) is 12.6. The Morgan fingerprint density at radius 1 is 1.05 bits per heavy atom. The van der Waals surface area contributed by atoms with E-state index in [0.717, 1.165) is 16.7 Å². The molecule has 0 aromatic heterocycles. The van der Waals surface area contributed by atoms with E-state index >= 15 is 0 Å². The van der Waals surface area contributed by atoms with Crippen LogP contribution in [0.2, 0.25) is 0 Å². The number of benzene rings is 2. The fourth-order valence-electron chi connectivity index (χ4n) is 2.24. The van der Waals surface area contributed by atoms with Gasteiger partial charge in [-0.25, -0.2) is 4.79 Å². The van der Waals surface area contributed by atoms with Gasteiger partial charge in [0.15, 0.2) is 6.10 Å². The number of carbonyl (C=O) groups is 1. The molecule has 0 aliphatic heterocycles. The van der Waals surface area contributed by atoms with Crippen LogP contribution in [0.5, 0.6) is 5.75 Å². The minimum atomic E-state index is -0.949. The third kappa shape index (κ3) is 4.09. The number of hydrogen-bond donors (Lipinski definition) is 1. The van der Waals surface area contributed by atoms with Crippen molar-refractivity contribution in [3.05, 3.63) is 64.7 Å². The minimum Gasteiger partial charge on any atom is -0.478 e. The Bertz CT molecular complexity index is 629. The number of aliphatic carboxylic acids is 1. The van der Waals surface area contributed by atoms with Gasteiger partial charge in [0.1, 0.15) is 5.75 Å². The van der Waals surface area contributed by atoms with Gasteiger partial charge in [0.25, 0.3) is 0 Å². The third-order valence-corrected chi connectivity index (χ3v) is 3.48. The van der Waals surface area contributed by atoms with Crippen LogP contribution in [0.15, 0.2) is 42.5 Å². The van der Waals surface area contributed by atoms with Crippen LogP contribution in [0.25, 0.3) is 0 Å². The van der Waals surface area contributed by atoms with Crippen molar-refractivity contribution in [3.8, 4) is 5.75 Å². The molecule has 2 aromatic rings. The van der Waals surface area contributed by atoms with Crippen molar-refractivity contribution < 1.29 is 14.6 Å². The molecule has 2 rings (SSSR count). The standard InChI is InChI=1S/C18H20O3/c1-12-5-8-16(9-6-12)21-17(18(19)20)11-15-7-4-13(2)10-14(15)3/h4-10,17H,11H2,1-3H3,(H,19,20)/t17-/m1/s1. The minimum absolute atomic E-state index is 0.356. The number of carboxylic acid groups (broad SMARTS) is 1. The second kappa shape index (κ2) is 6.44. The summed E-state index contributed by atoms with van der Waals surface area (Å²) in [5.74, 6) is -0.367. The maximum Gasteiger partial charge on any atom is 0.345 e. The lowest BCUT2D eigenvalue weighted by atomic mass is 10.0. The van der Waals surface area contributed by atoms with E-state index < -0.39 is 12.1 Å². The molecule has 3 nitrogen and oxygen atoms in total. The van der Waals surface area contributed by atoms with Crippen molar-refractivity contribution in [2.45, 2.75) is 33.3 Å². The summed E-state index contributed by atoms with van der Waals surface area (Å²) in [5.41, 5.74) is 4.38. The molecule has 0 bridgehead atoms. The summed E-state index contributed by atoms with van der Waals surface area (Å²) < 4.78 is 5.62. The molecule has 0 heterocycles. The van der Waals surface area contributed by atoms with Gasteiger partial charge >= 0.3 is 5.97 Å². The second-order valence-electron chi connectivity index (χ2n) is 5.39. The normalized spacial score (nSPS) is 12.0. The smallest absolute Gasteiger partial charge is 0.345 e. The molecule has 0 spiro atoms. The molecule has 0 aliphatic rings. The molecule has 1 N–H and O–H groups in total. The van der Waals surface area contributed by atoms with E-state index in [1.807, 2.05) is 45.0 Å². The van der Waals surface area contributed by atoms with Crippen LogP contribution in [0.1, 0.15) is 22.3 Å². The molecule has 0 unspecified atom stereocenters. The van der Waals surface area contributed by atoms with E-state index in [1.54, 1.807) is 12.1 Å². The molecule has 110 valence electrons. The quantitative estimate of drug-likeness (QED) is 0.911. The molecule has 0 fully saturated rings. The van der Waals surface area contributed by atoms with Gasteiger partial charge < -0.3 is 9.84 Å². The van der Waals surface area contributed by atoms with Gasteiger partial charge in [-0.05, 0) is 44.0 Å². The van der Waals surface area contributed by atoms with Crippen LogP contribution in [0.4, 0.5) is 0 Å². The number of hydrogen-bond acceptors (Lipinski definition) is 2. The maximum absolute atomic E-state index is 11.4. The summed E-state index contributed by atoms with van der Waals surface area (Å²) in [4.78, 5) is 11.4. The lowest BCUT2D eigenvalue weighted by Crippen LogP contribution is -2.29. The fourth-order valence-corrected chi connectivity index (χ4v) is 2.24. The van der Waals surface area contributed by atoms with Gasteiger partial charge in [-0.15, -0.1) is 0 Å². The Balaban J connectivity index is 2.15. The number of aryl methyl sites for hydroxylation is 3. The molecule has 2 aromatic carbocycles. The van der Waals surface area contributed by atoms with Gasteiger partial charge in [0, 0.05) is 6.42 Å². The van der Waals surface area contributed by atoms with E-state index in [0.29, 0.717) is 12.2 Å². The topological polar surface area (TPSA) is 46.5 Å². The van der Waals surface area contributed by atoms with Crippen molar-refractivity contribution in [2.75, 3.05) is 0 Å². The Morgan fingerprint density at radius 2 is 1.67 bits per heavy atom. The highest BCUT2D eigenvalue weighted by Crippen LogP contribution is 2.18. The molecule has 0 amide bonds. The lowest BCUT2D eigenvalue weighted by Gasteiger charge is -2.17. The van der Waals surface area contributed by atoms with Crippen molar-refractivity contribution in [2.24, 2.45) is 0 Å². The molecular formula is C18H20O3. The zero-order chi connectivity index (χ0) is 15.4. The molecule has 0 saturated heterocycles. The van der Waals surface area contributed by atoms with E-state index in [-0.39, 0.29) is 0 Å². The second-order valence-corrected chi connectivity index (χ2v) is 5.39. The molecule has 0 radical (unpaired) electrons. The molecule has 0 saturated carbocycles. The molecule has 3 heteroatoms. The van der Waals surface area contributed by atoms with Crippen LogP contribution < -0.4 is 4.74 Å². The number of ether oxygens (including phenoxy) is 1. The fraction of sp³-hybridized carbons (Fsp3) is 0.278. The van der Waals surface area contributed by atoms with Gasteiger partial charge in [-0.1, -0.05) is 41.5 Å². The first-order valence-corrected chi connectivity index (χ1v) is 6.98. The number of carboxylic acids is 1. The Hall–Kier alpha value is -2.29. The Labute approximate surface area is 125 Å². The average molecular weight is 284 g/mol. The average Bonchev–Trinajstić information content (AvgIpc) is 2.43. The van der Waals surface area contributed by atoms with Crippen LogP contribution in [0.3, 0.4) is 0 Å². The molecule has 21 heavy (non-hydrogen) atoms. The van der Waals surface area contributed by atoms with Crippen molar-refractivity contribution in [3.63, 3.8) is 0 Å². The van der Waals surface area contributed by atoms with Crippen molar-refractivity contribution in [1.29, 1.82) is 0 Å². The first kappa shape index (κ1) is 15.1. The highest BCUT2D eigenvalue weighted by atomic mass is 16.5. The van der Waals surface area contributed by atoms with E-state index in [4.69, 9.17) is 4.74 Å². The van der Waals surface area contributed by atoms with Gasteiger partial charge in [0.05, 0.1) is 0 Å². The van der Waals surface area contributed by atoms with Gasteiger partial charge in [-0.2, -0.15) is 0 Å². The van der Waals surface area contributed by atoms with E-state index in [9.17, 15) is 9.90 Å². The van der Waals surface area contributed by atoms with Crippen LogP contribution in [0, 0.1) is 20.8 Å². The predicted molar refractivity (Wildman–Crippen MR) is 82.9 cm³/mol. The Kier molecular flexibility index (Phi) is 4.63. The third-order valence-electron chi connectivity index (χ3n) is 3.48. The predicted octanol–water partition coefficient (Wildman–Crippen LogP) is 3.69. The summed E-state index contributed by atoms with van der Waals surface area (Å²) in [6.45, 7) is 6.00. The summed E-state index contributed by atoms with van der Waals surface area (Å²) in [6.07, 6.45) is -0.524. The summed E-state index contributed by atoms with van der Waals surface area (Å²) >= 11 is 0. The van der Waals surface area contributed by atoms with Gasteiger partial charge in [0.2, 0.25) is 0 Å². The van der Waals surface area contributed by atoms with Crippen molar-refractivity contribution >= 4 is 5.97 Å². The zero-order valence-corrected chi connectivity index (χ0v) is 12.6. The lowest BCUT2D eigenvalue weighted by molar-refractivity contribution is -0.145. The van der Waals surface area contributed by atoms with Crippen LogP contribution >= 0.6 is 0 Å². The molecule has 1 atom stereocenters. The molecule has 0 aliphatic carbocycles. The highest BCUT2D eigenvalue weighted by Gasteiger charge is 2.20. The van der Waals surface area contributed by atoms with Crippen molar-refractivity contribution in [1.82, 2.24) is 0 Å². The first-order valence-electron chi connectivity index (χ1n) is 6.98. The first-order chi connectivity index (χ1) is 9.95. The summed E-state index contributed by atoms with van der Waals surface area (Å²) in [5, 5.41) is 9.37. The highest BCUT2D eigenvalue weighted by molar-refractivity contribution is 5.73.